The molecule has 0 unspecified atom stereocenters. The summed E-state index contributed by atoms with van der Waals surface area (Å²) in [5, 5.41) is 31.7. The number of aliphatic hydroxyl groups is 1. The van der Waals surface area contributed by atoms with Crippen LogP contribution in [0.15, 0.2) is 65.1 Å². The lowest BCUT2D eigenvalue weighted by Gasteiger charge is -2.31. The molecule has 0 saturated heterocycles. The average molecular weight is 566 g/mol. The zero-order valence-electron chi connectivity index (χ0n) is 18.9. The Kier molecular flexibility index (Phi) is 11.3. The number of likely N-dealkylation sites (N-methyl/N-ethyl adjacent to an activating group) is 1. The van der Waals surface area contributed by atoms with Gasteiger partial charge in [-0.3, -0.25) is 0 Å². The fourth-order valence-corrected chi connectivity index (χ4v) is 3.19. The second kappa shape index (κ2) is 13.1. The van der Waals surface area contributed by atoms with Crippen LogP contribution in [0.2, 0.25) is 0 Å². The highest BCUT2D eigenvalue weighted by Crippen LogP contribution is 2.36. The largest absolute Gasteiger partial charge is 0.545 e. The van der Waals surface area contributed by atoms with Crippen molar-refractivity contribution in [1.29, 1.82) is 0 Å². The van der Waals surface area contributed by atoms with Gasteiger partial charge in [0.15, 0.2) is 0 Å². The van der Waals surface area contributed by atoms with Crippen LogP contribution in [0.4, 0.5) is 0 Å². The van der Waals surface area contributed by atoms with Crippen LogP contribution in [-0.2, 0) is 0 Å². The molecule has 2 aromatic carbocycles. The zero-order valence-corrected chi connectivity index (χ0v) is 21.3. The maximum absolute atomic E-state index is 11.5. The maximum Gasteiger partial charge on any atom is 0.144 e. The molecular weight excluding hydrogens is 537 g/mol. The van der Waals surface area contributed by atoms with E-state index in [1.165, 1.54) is 0 Å². The summed E-state index contributed by atoms with van der Waals surface area (Å²) in [6.07, 6.45) is 0. The number of carbonyl (C=O) groups is 2. The van der Waals surface area contributed by atoms with Crippen molar-refractivity contribution >= 4 is 35.9 Å². The molecular formula is C25H29INO6-. The van der Waals surface area contributed by atoms with E-state index in [9.17, 15) is 19.8 Å². The lowest BCUT2D eigenvalue weighted by molar-refractivity contribution is -0.906. The Morgan fingerprint density at radius 1 is 0.818 bits per heavy atom. The zero-order chi connectivity index (χ0) is 23.7. The third-order valence-corrected chi connectivity index (χ3v) is 5.56. The number of halogens is 1. The van der Waals surface area contributed by atoms with Crippen molar-refractivity contribution in [1.82, 2.24) is 0 Å². The molecule has 33 heavy (non-hydrogen) atoms. The van der Waals surface area contributed by atoms with Gasteiger partial charge in [0.25, 0.3) is 0 Å². The second-order valence-corrected chi connectivity index (χ2v) is 7.52. The number of quaternary nitrogens is 1. The van der Waals surface area contributed by atoms with Gasteiger partial charge in [-0.25, -0.2) is 0 Å². The molecule has 1 aromatic heterocycles. The van der Waals surface area contributed by atoms with E-state index >= 15 is 0 Å². The number of carboxylic acid groups (broad SMARTS) is 2. The number of hydrogen-bond acceptors (Lipinski definition) is 6. The molecule has 0 aliphatic rings. The van der Waals surface area contributed by atoms with Gasteiger partial charge in [-0.05, 0) is 13.8 Å². The van der Waals surface area contributed by atoms with Gasteiger partial charge < -0.3 is 33.8 Å². The van der Waals surface area contributed by atoms with E-state index in [4.69, 9.17) is 9.52 Å². The summed E-state index contributed by atoms with van der Waals surface area (Å²) in [6.45, 7) is 7.71. The van der Waals surface area contributed by atoms with Gasteiger partial charge in [-0.15, -0.1) is 24.0 Å². The van der Waals surface area contributed by atoms with Gasteiger partial charge in [-0.1, -0.05) is 60.7 Å². The highest BCUT2D eigenvalue weighted by atomic mass is 127. The van der Waals surface area contributed by atoms with Crippen molar-refractivity contribution in [3.8, 4) is 22.6 Å². The Balaban J connectivity index is 0.000000467. The third kappa shape index (κ3) is 7.15. The summed E-state index contributed by atoms with van der Waals surface area (Å²) in [5.74, 6) is -3.39. The van der Waals surface area contributed by atoms with Crippen molar-refractivity contribution < 1.29 is 33.8 Å². The number of hydrogen-bond donors (Lipinski definition) is 1. The Hall–Kier alpha value is -2.69. The van der Waals surface area contributed by atoms with E-state index in [0.717, 1.165) is 24.1 Å². The summed E-state index contributed by atoms with van der Waals surface area (Å²) < 4.78 is 6.58. The normalized spacial score (nSPS) is 10.5. The first-order chi connectivity index (χ1) is 15.3. The topological polar surface area (TPSA) is 114 Å². The van der Waals surface area contributed by atoms with Crippen molar-refractivity contribution in [3.63, 3.8) is 0 Å². The third-order valence-electron chi connectivity index (χ3n) is 5.56. The van der Waals surface area contributed by atoms with E-state index in [0.29, 0.717) is 17.7 Å². The van der Waals surface area contributed by atoms with Gasteiger partial charge in [0, 0.05) is 11.1 Å². The molecule has 0 atom stereocenters. The van der Waals surface area contributed by atoms with E-state index in [1.807, 2.05) is 0 Å². The van der Waals surface area contributed by atoms with Crippen molar-refractivity contribution in [2.45, 2.75) is 13.8 Å². The Labute approximate surface area is 210 Å². The first-order valence-corrected chi connectivity index (χ1v) is 10.4. The predicted octanol–water partition coefficient (Wildman–Crippen LogP) is 2.42. The van der Waals surface area contributed by atoms with Gasteiger partial charge in [-0.2, -0.15) is 0 Å². The number of nitrogens with zero attached hydrogens (tertiary/aromatic N) is 1. The highest BCUT2D eigenvalue weighted by molar-refractivity contribution is 14.0. The minimum absolute atomic E-state index is 0. The van der Waals surface area contributed by atoms with E-state index in [2.05, 4.69) is 20.9 Å². The van der Waals surface area contributed by atoms with Crippen molar-refractivity contribution in [2.24, 2.45) is 0 Å². The van der Waals surface area contributed by atoms with E-state index in [-0.39, 0.29) is 35.5 Å². The molecule has 1 N–H and O–H groups in total. The Morgan fingerprint density at radius 3 is 1.42 bits per heavy atom. The van der Waals surface area contributed by atoms with Crippen LogP contribution in [0.3, 0.4) is 0 Å². The number of benzene rings is 2. The molecule has 0 fully saturated rings. The lowest BCUT2D eigenvalue weighted by Crippen LogP contribution is -2.45. The maximum atomic E-state index is 11.5. The Morgan fingerprint density at radius 2 is 1.18 bits per heavy atom. The van der Waals surface area contributed by atoms with Crippen molar-refractivity contribution in [3.05, 3.63) is 71.8 Å². The van der Waals surface area contributed by atoms with Crippen LogP contribution >= 0.6 is 24.0 Å². The molecule has 7 nitrogen and oxygen atoms in total. The van der Waals surface area contributed by atoms with Crippen LogP contribution in [0.5, 0.6) is 0 Å². The fourth-order valence-electron chi connectivity index (χ4n) is 3.19. The minimum atomic E-state index is -1.63. The summed E-state index contributed by atoms with van der Waals surface area (Å²) >= 11 is 0. The van der Waals surface area contributed by atoms with Crippen molar-refractivity contribution in [2.75, 3.05) is 33.3 Å². The van der Waals surface area contributed by atoms with Crippen LogP contribution < -0.4 is 10.2 Å². The number of rotatable bonds is 8. The first-order valence-electron chi connectivity index (χ1n) is 10.4. The molecule has 0 radical (unpaired) electrons. The number of furan rings is 1. The molecule has 0 spiro atoms. The molecule has 3 aromatic rings. The molecule has 3 rings (SSSR count). The Bertz CT molecular complexity index is 958. The molecule has 178 valence electrons. The second-order valence-electron chi connectivity index (χ2n) is 7.52. The minimum Gasteiger partial charge on any atom is -0.545 e. The van der Waals surface area contributed by atoms with Crippen LogP contribution in [0, 0.1) is 0 Å². The molecule has 0 aliphatic carbocycles. The van der Waals surface area contributed by atoms with Gasteiger partial charge in [0.05, 0.1) is 49.8 Å². The van der Waals surface area contributed by atoms with E-state index < -0.39 is 23.1 Å². The number of carboxylic acids is 2. The first kappa shape index (κ1) is 28.3. The molecule has 0 aliphatic heterocycles. The van der Waals surface area contributed by atoms with Crippen LogP contribution in [0.25, 0.3) is 22.6 Å². The summed E-state index contributed by atoms with van der Waals surface area (Å²) in [4.78, 5) is 23.0. The molecule has 1 heterocycles. The number of aliphatic hydroxyl groups excluding tert-OH is 1. The highest BCUT2D eigenvalue weighted by Gasteiger charge is 2.24. The fraction of sp³-hybridized carbons (Fsp3) is 0.280. The molecule has 0 saturated carbocycles. The molecule has 0 bridgehead atoms. The SMILES string of the molecule is CC[N+](C)(CC)CCO.I.O=C([O-])c1c(-c2ccccc2)oc(-c2ccccc2)c1C(=O)[O-]. The van der Waals surface area contributed by atoms with Gasteiger partial charge in [0.1, 0.15) is 18.1 Å². The van der Waals surface area contributed by atoms with Crippen LogP contribution in [0.1, 0.15) is 34.6 Å². The number of aromatic carboxylic acids is 2. The summed E-state index contributed by atoms with van der Waals surface area (Å²) in [5.41, 5.74) is -0.155. The molecule has 0 amide bonds. The van der Waals surface area contributed by atoms with Gasteiger partial charge >= 0.3 is 0 Å². The molecule has 8 heteroatoms. The van der Waals surface area contributed by atoms with Gasteiger partial charge in [0.2, 0.25) is 0 Å². The number of carbonyl (C=O) groups excluding carboxylic acids is 2. The quantitative estimate of drug-likeness (QED) is 0.331. The lowest BCUT2D eigenvalue weighted by atomic mass is 10.0. The smallest absolute Gasteiger partial charge is 0.144 e. The predicted molar refractivity (Wildman–Crippen MR) is 133 cm³/mol. The average Bonchev–Trinajstić information content (AvgIpc) is 3.22. The van der Waals surface area contributed by atoms with E-state index in [1.54, 1.807) is 60.7 Å². The summed E-state index contributed by atoms with van der Waals surface area (Å²) in [7, 11) is 2.16. The monoisotopic (exact) mass is 566 g/mol. The standard InChI is InChI=1S/C18H12O5.C7H18NO.HI/c19-17(20)13-14(18(21)22)16(12-9-5-2-6-10-12)23-15(13)11-7-3-1-4-8-11;1-4-8(3,5-2)6-7-9;/h1-10H,(H,19,20)(H,21,22);9H,4-7H2,1-3H3;1H/q;+1;/p-2. The van der Waals surface area contributed by atoms with Crippen LogP contribution in [-0.4, -0.2) is 54.8 Å². The summed E-state index contributed by atoms with van der Waals surface area (Å²) in [6, 6.07) is 16.8.